The van der Waals surface area contributed by atoms with Crippen LogP contribution in [0.25, 0.3) is 0 Å². The van der Waals surface area contributed by atoms with E-state index < -0.39 is 12.1 Å². The van der Waals surface area contributed by atoms with E-state index in [0.29, 0.717) is 0 Å². The number of ether oxygens (including phenoxy) is 2. The van der Waals surface area contributed by atoms with Gasteiger partial charge in [-0.25, -0.2) is 4.79 Å². The molecule has 5 nitrogen and oxygen atoms in total. The third kappa shape index (κ3) is 5.09. The highest BCUT2D eigenvalue weighted by Crippen LogP contribution is 2.17. The van der Waals surface area contributed by atoms with Gasteiger partial charge in [-0.05, 0) is 12.5 Å². The van der Waals surface area contributed by atoms with Crippen LogP contribution in [0, 0.1) is 0 Å². The van der Waals surface area contributed by atoms with Gasteiger partial charge in [0.15, 0.2) is 6.10 Å². The average molecular weight is 265 g/mol. The van der Waals surface area contributed by atoms with Crippen molar-refractivity contribution in [3.8, 4) is 0 Å². The van der Waals surface area contributed by atoms with Crippen LogP contribution in [0.3, 0.4) is 0 Å². The maximum Gasteiger partial charge on any atom is 0.339 e. The molecule has 0 aliphatic rings. The van der Waals surface area contributed by atoms with E-state index in [1.54, 1.807) is 19.1 Å². The SMILES string of the molecule is CO[C@@H](C(=O)OC[C@H](C)NC(C)=O)c1ccccc1. The van der Waals surface area contributed by atoms with Crippen molar-refractivity contribution in [1.29, 1.82) is 0 Å². The summed E-state index contributed by atoms with van der Waals surface area (Å²) in [6.07, 6.45) is -0.745. The molecule has 19 heavy (non-hydrogen) atoms. The molecule has 0 aliphatic heterocycles. The first kappa shape index (κ1) is 15.2. The quantitative estimate of drug-likeness (QED) is 0.790. The van der Waals surface area contributed by atoms with Gasteiger partial charge in [-0.3, -0.25) is 4.79 Å². The molecule has 2 atom stereocenters. The summed E-state index contributed by atoms with van der Waals surface area (Å²) in [5, 5.41) is 2.64. The monoisotopic (exact) mass is 265 g/mol. The van der Waals surface area contributed by atoms with Crippen molar-refractivity contribution in [1.82, 2.24) is 5.32 Å². The van der Waals surface area contributed by atoms with Crippen LogP contribution in [0.1, 0.15) is 25.5 Å². The predicted octanol–water partition coefficient (Wildman–Crippen LogP) is 1.44. The zero-order valence-corrected chi connectivity index (χ0v) is 11.4. The fraction of sp³-hybridized carbons (Fsp3) is 0.429. The molecule has 1 rings (SSSR count). The molecule has 0 unspecified atom stereocenters. The van der Waals surface area contributed by atoms with E-state index in [1.807, 2.05) is 18.2 Å². The van der Waals surface area contributed by atoms with Crippen LogP contribution in [0.2, 0.25) is 0 Å². The number of rotatable bonds is 6. The third-order valence-electron chi connectivity index (χ3n) is 2.48. The lowest BCUT2D eigenvalue weighted by atomic mass is 10.1. The Morgan fingerprint density at radius 3 is 2.42 bits per heavy atom. The predicted molar refractivity (Wildman–Crippen MR) is 70.4 cm³/mol. The summed E-state index contributed by atoms with van der Waals surface area (Å²) in [7, 11) is 1.45. The lowest BCUT2D eigenvalue weighted by Gasteiger charge is -2.17. The number of methoxy groups -OCH3 is 1. The Morgan fingerprint density at radius 1 is 1.26 bits per heavy atom. The minimum atomic E-state index is -0.745. The first-order valence-corrected chi connectivity index (χ1v) is 6.06. The Kier molecular flexibility index (Phi) is 6.02. The molecule has 0 spiro atoms. The molecule has 0 heterocycles. The average Bonchev–Trinajstić information content (AvgIpc) is 2.38. The fourth-order valence-corrected chi connectivity index (χ4v) is 1.67. The summed E-state index contributed by atoms with van der Waals surface area (Å²) in [6.45, 7) is 3.30. The number of carbonyl (C=O) groups is 2. The number of benzene rings is 1. The van der Waals surface area contributed by atoms with E-state index in [9.17, 15) is 9.59 Å². The van der Waals surface area contributed by atoms with Crippen LogP contribution in [-0.2, 0) is 19.1 Å². The molecule has 0 bridgehead atoms. The number of esters is 1. The standard InChI is InChI=1S/C14H19NO4/c1-10(15-11(2)16)9-19-14(17)13(18-3)12-7-5-4-6-8-12/h4-8,10,13H,9H2,1-3H3,(H,15,16)/t10-,13+/m0/s1. The first-order valence-electron chi connectivity index (χ1n) is 6.06. The number of hydrogen-bond donors (Lipinski definition) is 1. The Labute approximate surface area is 112 Å². The van der Waals surface area contributed by atoms with Gasteiger partial charge in [0.2, 0.25) is 5.91 Å². The number of carbonyl (C=O) groups excluding carboxylic acids is 2. The smallest absolute Gasteiger partial charge is 0.339 e. The van der Waals surface area contributed by atoms with Gasteiger partial charge in [-0.15, -0.1) is 0 Å². The van der Waals surface area contributed by atoms with E-state index in [4.69, 9.17) is 9.47 Å². The van der Waals surface area contributed by atoms with Gasteiger partial charge in [-0.2, -0.15) is 0 Å². The molecule has 1 amide bonds. The Bertz CT molecular complexity index is 419. The van der Waals surface area contributed by atoms with E-state index in [1.165, 1.54) is 14.0 Å². The van der Waals surface area contributed by atoms with Gasteiger partial charge in [0.25, 0.3) is 0 Å². The molecule has 0 radical (unpaired) electrons. The molecule has 0 saturated carbocycles. The van der Waals surface area contributed by atoms with Gasteiger partial charge in [0, 0.05) is 14.0 Å². The zero-order valence-electron chi connectivity index (χ0n) is 11.4. The molecule has 1 N–H and O–H groups in total. The van der Waals surface area contributed by atoms with E-state index in [2.05, 4.69) is 5.32 Å². The van der Waals surface area contributed by atoms with Crippen LogP contribution in [0.15, 0.2) is 30.3 Å². The molecule has 104 valence electrons. The van der Waals surface area contributed by atoms with Crippen LogP contribution in [0.5, 0.6) is 0 Å². The van der Waals surface area contributed by atoms with Crippen molar-refractivity contribution in [3.05, 3.63) is 35.9 Å². The van der Waals surface area contributed by atoms with Crippen molar-refractivity contribution in [2.75, 3.05) is 13.7 Å². The number of hydrogen-bond acceptors (Lipinski definition) is 4. The first-order chi connectivity index (χ1) is 9.04. The Hall–Kier alpha value is -1.88. The second-order valence-corrected chi connectivity index (χ2v) is 4.26. The largest absolute Gasteiger partial charge is 0.461 e. The summed E-state index contributed by atoms with van der Waals surface area (Å²) in [4.78, 5) is 22.7. The Balaban J connectivity index is 2.54. The number of amides is 1. The van der Waals surface area contributed by atoms with Crippen molar-refractivity contribution >= 4 is 11.9 Å². The van der Waals surface area contributed by atoms with E-state index in [-0.39, 0.29) is 18.6 Å². The maximum atomic E-state index is 11.9. The molecular formula is C14H19NO4. The van der Waals surface area contributed by atoms with Crippen molar-refractivity contribution < 1.29 is 19.1 Å². The summed E-state index contributed by atoms with van der Waals surface area (Å²) < 4.78 is 10.3. The van der Waals surface area contributed by atoms with Crippen LogP contribution < -0.4 is 5.32 Å². The minimum absolute atomic E-state index is 0.116. The molecule has 1 aromatic carbocycles. The molecule has 0 aromatic heterocycles. The molecule has 1 aromatic rings. The van der Waals surface area contributed by atoms with Gasteiger partial charge < -0.3 is 14.8 Å². The van der Waals surface area contributed by atoms with Gasteiger partial charge in [0.05, 0.1) is 6.04 Å². The summed E-state index contributed by atoms with van der Waals surface area (Å²) in [5.41, 5.74) is 0.738. The maximum absolute atomic E-state index is 11.9. The van der Waals surface area contributed by atoms with Crippen LogP contribution >= 0.6 is 0 Å². The highest BCUT2D eigenvalue weighted by atomic mass is 16.6. The van der Waals surface area contributed by atoms with Gasteiger partial charge in [-0.1, -0.05) is 30.3 Å². The second-order valence-electron chi connectivity index (χ2n) is 4.26. The van der Waals surface area contributed by atoms with Crippen molar-refractivity contribution in [3.63, 3.8) is 0 Å². The summed E-state index contributed by atoms with van der Waals surface area (Å²) in [5.74, 6) is -0.624. The summed E-state index contributed by atoms with van der Waals surface area (Å²) >= 11 is 0. The highest BCUT2D eigenvalue weighted by Gasteiger charge is 2.22. The van der Waals surface area contributed by atoms with Gasteiger partial charge >= 0.3 is 5.97 Å². The lowest BCUT2D eigenvalue weighted by Crippen LogP contribution is -2.35. The lowest BCUT2D eigenvalue weighted by molar-refractivity contribution is -0.156. The van der Waals surface area contributed by atoms with E-state index in [0.717, 1.165) is 5.56 Å². The molecule has 0 fully saturated rings. The molecule has 0 aliphatic carbocycles. The van der Waals surface area contributed by atoms with Crippen molar-refractivity contribution in [2.24, 2.45) is 0 Å². The highest BCUT2D eigenvalue weighted by molar-refractivity contribution is 5.76. The molecule has 0 saturated heterocycles. The third-order valence-corrected chi connectivity index (χ3v) is 2.48. The molecule has 5 heteroatoms. The Morgan fingerprint density at radius 2 is 1.89 bits per heavy atom. The van der Waals surface area contributed by atoms with Crippen LogP contribution in [0.4, 0.5) is 0 Å². The fourth-order valence-electron chi connectivity index (χ4n) is 1.67. The number of nitrogens with one attached hydrogen (secondary N) is 1. The normalized spacial score (nSPS) is 13.4. The van der Waals surface area contributed by atoms with Crippen LogP contribution in [-0.4, -0.2) is 31.6 Å². The summed E-state index contributed by atoms with van der Waals surface area (Å²) in [6, 6.07) is 8.89. The van der Waals surface area contributed by atoms with Gasteiger partial charge in [0.1, 0.15) is 6.61 Å². The molecular weight excluding hydrogens is 246 g/mol. The van der Waals surface area contributed by atoms with Crippen molar-refractivity contribution in [2.45, 2.75) is 26.0 Å². The zero-order chi connectivity index (χ0) is 14.3. The second kappa shape index (κ2) is 7.53. The van der Waals surface area contributed by atoms with E-state index >= 15 is 0 Å². The topological polar surface area (TPSA) is 64.6 Å². The minimum Gasteiger partial charge on any atom is -0.461 e.